The molecule has 0 aliphatic rings. The van der Waals surface area contributed by atoms with Crippen LogP contribution < -0.4 is 5.32 Å². The molecular weight excluding hydrogens is 325 g/mol. The summed E-state index contributed by atoms with van der Waals surface area (Å²) in [6.07, 6.45) is 2.44. The fourth-order valence-corrected chi connectivity index (χ4v) is 2.40. The van der Waals surface area contributed by atoms with E-state index in [0.717, 1.165) is 17.8 Å². The zero-order chi connectivity index (χ0) is 16.4. The lowest BCUT2D eigenvalue weighted by Crippen LogP contribution is -2.12. The molecule has 0 atom stereocenters. The Labute approximate surface area is 130 Å². The van der Waals surface area contributed by atoms with Gasteiger partial charge in [-0.3, -0.25) is 4.79 Å². The number of benzene rings is 1. The van der Waals surface area contributed by atoms with Gasteiger partial charge in [-0.1, -0.05) is 12.1 Å². The zero-order valence-corrected chi connectivity index (χ0v) is 12.3. The first-order valence-electron chi connectivity index (χ1n) is 6.34. The minimum absolute atomic E-state index is 0.0759. The molecule has 0 unspecified atom stereocenters. The van der Waals surface area contributed by atoms with Gasteiger partial charge in [0.1, 0.15) is 16.3 Å². The van der Waals surface area contributed by atoms with Gasteiger partial charge in [0, 0.05) is 17.4 Å². The van der Waals surface area contributed by atoms with Gasteiger partial charge in [-0.25, -0.2) is 0 Å². The lowest BCUT2D eigenvalue weighted by molar-refractivity contribution is 0.102. The van der Waals surface area contributed by atoms with E-state index in [4.69, 9.17) is 0 Å². The maximum absolute atomic E-state index is 12.8. The molecule has 0 saturated heterocycles. The number of nitrogens with one attached hydrogen (secondary N) is 3. The van der Waals surface area contributed by atoms with Gasteiger partial charge in [-0.15, -0.1) is 3.89 Å². The van der Waals surface area contributed by atoms with Crippen molar-refractivity contribution in [2.75, 3.05) is 5.32 Å². The van der Waals surface area contributed by atoms with Crippen molar-refractivity contribution in [3.05, 3.63) is 48.4 Å². The van der Waals surface area contributed by atoms with Crippen LogP contribution in [0.15, 0.2) is 47.6 Å². The largest absolute Gasteiger partial charge is 0.356 e. The number of carbonyl (C=O) groups excluding carboxylic acids is 1. The number of carbonyl (C=O) groups is 1. The van der Waals surface area contributed by atoms with Crippen molar-refractivity contribution < 1.29 is 17.1 Å². The van der Waals surface area contributed by atoms with Crippen LogP contribution in [0.3, 0.4) is 0 Å². The predicted molar refractivity (Wildman–Crippen MR) is 78.9 cm³/mol. The Balaban J connectivity index is 1.81. The summed E-state index contributed by atoms with van der Waals surface area (Å²) in [5.41, 5.74) is 1.73. The van der Waals surface area contributed by atoms with Gasteiger partial charge in [0.2, 0.25) is 0 Å². The Morgan fingerprint density at radius 3 is 2.74 bits per heavy atom. The highest BCUT2D eigenvalue weighted by molar-refractivity contribution is 7.86. The predicted octanol–water partition coefficient (Wildman–Crippen LogP) is 1.71. The quantitative estimate of drug-likeness (QED) is 0.627. The SMILES string of the molecule is O=C(Nc1cccc(-c2cn[nH]n2)c1)c1cc(S(=O)(=O)F)c[nH]1. The van der Waals surface area contributed by atoms with Crippen LogP contribution >= 0.6 is 0 Å². The Morgan fingerprint density at radius 1 is 1.26 bits per heavy atom. The summed E-state index contributed by atoms with van der Waals surface area (Å²) >= 11 is 0. The van der Waals surface area contributed by atoms with Crippen LogP contribution in [0.4, 0.5) is 9.57 Å². The van der Waals surface area contributed by atoms with Crippen molar-refractivity contribution in [3.63, 3.8) is 0 Å². The molecular formula is C13H10FN5O3S. The number of hydrogen-bond acceptors (Lipinski definition) is 5. The average molecular weight is 335 g/mol. The maximum Gasteiger partial charge on any atom is 0.333 e. The first-order valence-corrected chi connectivity index (χ1v) is 7.72. The maximum atomic E-state index is 12.8. The molecule has 3 N–H and O–H groups in total. The molecule has 0 aliphatic carbocycles. The third-order valence-corrected chi connectivity index (χ3v) is 3.81. The summed E-state index contributed by atoms with van der Waals surface area (Å²) in [6.45, 7) is 0. The van der Waals surface area contributed by atoms with Crippen LogP contribution in [0, 0.1) is 0 Å². The number of hydrogen-bond donors (Lipinski definition) is 3. The van der Waals surface area contributed by atoms with Gasteiger partial charge in [-0.05, 0) is 18.2 Å². The summed E-state index contributed by atoms with van der Waals surface area (Å²) in [5, 5.41) is 12.7. The summed E-state index contributed by atoms with van der Waals surface area (Å²) in [6, 6.07) is 7.75. The van der Waals surface area contributed by atoms with Crippen molar-refractivity contribution in [2.45, 2.75) is 4.90 Å². The molecule has 0 spiro atoms. The Bertz CT molecular complexity index is 950. The van der Waals surface area contributed by atoms with Crippen LogP contribution in [-0.2, 0) is 10.2 Å². The molecule has 8 nitrogen and oxygen atoms in total. The van der Waals surface area contributed by atoms with Crippen LogP contribution in [-0.4, -0.2) is 34.7 Å². The second-order valence-corrected chi connectivity index (χ2v) is 5.92. The van der Waals surface area contributed by atoms with Gasteiger partial charge in [0.15, 0.2) is 0 Å². The lowest BCUT2D eigenvalue weighted by Gasteiger charge is -2.05. The number of aromatic amines is 2. The standard InChI is InChI=1S/C13H10FN5O3S/c14-23(21,22)10-5-11(15-6-10)13(20)17-9-3-1-2-8(4-9)12-7-16-19-18-12/h1-7,15H,(H,17,20)(H,16,18,19). The van der Waals surface area contributed by atoms with Crippen molar-refractivity contribution in [1.82, 2.24) is 20.4 Å². The molecule has 3 rings (SSSR count). The van der Waals surface area contributed by atoms with Crippen molar-refractivity contribution in [1.29, 1.82) is 0 Å². The number of anilines is 1. The van der Waals surface area contributed by atoms with Gasteiger partial charge in [0.25, 0.3) is 5.91 Å². The third-order valence-electron chi connectivity index (χ3n) is 3.01. The van der Waals surface area contributed by atoms with Gasteiger partial charge in [-0.2, -0.15) is 23.8 Å². The molecule has 0 bridgehead atoms. The third kappa shape index (κ3) is 3.26. The van der Waals surface area contributed by atoms with E-state index < -0.39 is 21.0 Å². The molecule has 0 radical (unpaired) electrons. The van der Waals surface area contributed by atoms with E-state index in [0.29, 0.717) is 11.4 Å². The minimum Gasteiger partial charge on any atom is -0.356 e. The van der Waals surface area contributed by atoms with E-state index in [1.165, 1.54) is 6.20 Å². The van der Waals surface area contributed by atoms with E-state index >= 15 is 0 Å². The zero-order valence-electron chi connectivity index (χ0n) is 11.4. The number of amides is 1. The second-order valence-electron chi connectivity index (χ2n) is 4.58. The van der Waals surface area contributed by atoms with Crippen LogP contribution in [0.25, 0.3) is 11.3 Å². The van der Waals surface area contributed by atoms with Crippen LogP contribution in [0.2, 0.25) is 0 Å². The molecule has 118 valence electrons. The van der Waals surface area contributed by atoms with E-state index in [1.807, 2.05) is 0 Å². The molecule has 2 heterocycles. The summed E-state index contributed by atoms with van der Waals surface area (Å²) in [4.78, 5) is 13.9. The monoisotopic (exact) mass is 335 g/mol. The van der Waals surface area contributed by atoms with Crippen molar-refractivity contribution in [2.24, 2.45) is 0 Å². The van der Waals surface area contributed by atoms with Gasteiger partial charge >= 0.3 is 10.2 Å². The van der Waals surface area contributed by atoms with E-state index in [-0.39, 0.29) is 5.69 Å². The molecule has 0 saturated carbocycles. The van der Waals surface area contributed by atoms with Crippen LogP contribution in [0.5, 0.6) is 0 Å². The van der Waals surface area contributed by atoms with Crippen molar-refractivity contribution >= 4 is 21.8 Å². The summed E-state index contributed by atoms with van der Waals surface area (Å²) < 4.78 is 34.4. The highest BCUT2D eigenvalue weighted by atomic mass is 32.3. The first-order chi connectivity index (χ1) is 10.9. The highest BCUT2D eigenvalue weighted by Crippen LogP contribution is 2.20. The molecule has 2 aromatic heterocycles. The minimum atomic E-state index is -4.85. The van der Waals surface area contributed by atoms with Gasteiger partial charge < -0.3 is 10.3 Å². The molecule has 10 heteroatoms. The number of nitrogens with zero attached hydrogens (tertiary/aromatic N) is 2. The van der Waals surface area contributed by atoms with E-state index in [1.54, 1.807) is 24.3 Å². The molecule has 23 heavy (non-hydrogen) atoms. The molecule has 0 fully saturated rings. The number of rotatable bonds is 4. The number of aromatic nitrogens is 4. The second kappa shape index (κ2) is 5.65. The fourth-order valence-electron chi connectivity index (χ4n) is 1.94. The molecule has 0 aliphatic heterocycles. The fraction of sp³-hybridized carbons (Fsp3) is 0. The summed E-state index contributed by atoms with van der Waals surface area (Å²) in [5.74, 6) is -0.600. The Morgan fingerprint density at radius 2 is 2.09 bits per heavy atom. The Kier molecular flexibility index (Phi) is 3.66. The van der Waals surface area contributed by atoms with Crippen LogP contribution in [0.1, 0.15) is 10.5 Å². The normalized spacial score (nSPS) is 11.3. The van der Waals surface area contributed by atoms with Gasteiger partial charge in [0.05, 0.1) is 6.20 Å². The number of halogens is 1. The molecule has 3 aromatic rings. The highest BCUT2D eigenvalue weighted by Gasteiger charge is 2.17. The van der Waals surface area contributed by atoms with Crippen molar-refractivity contribution in [3.8, 4) is 11.3 Å². The Hall–Kier alpha value is -3.01. The number of H-pyrrole nitrogens is 2. The molecule has 1 aromatic carbocycles. The van der Waals surface area contributed by atoms with E-state index in [2.05, 4.69) is 25.7 Å². The molecule has 1 amide bonds. The topological polar surface area (TPSA) is 121 Å². The average Bonchev–Trinajstić information content (AvgIpc) is 3.19. The first kappa shape index (κ1) is 14.9. The summed E-state index contributed by atoms with van der Waals surface area (Å²) in [7, 11) is -4.85. The smallest absolute Gasteiger partial charge is 0.333 e. The lowest BCUT2D eigenvalue weighted by atomic mass is 10.1. The van der Waals surface area contributed by atoms with E-state index in [9.17, 15) is 17.1 Å².